The van der Waals surface area contributed by atoms with Gasteiger partial charge in [-0.05, 0) is 26.0 Å². The summed E-state index contributed by atoms with van der Waals surface area (Å²) in [6, 6.07) is 15.8. The summed E-state index contributed by atoms with van der Waals surface area (Å²) in [5.74, 6) is -1.87. The third-order valence-corrected chi connectivity index (χ3v) is 4.51. The zero-order valence-corrected chi connectivity index (χ0v) is 16.3. The van der Waals surface area contributed by atoms with Crippen molar-refractivity contribution in [3.63, 3.8) is 0 Å². The summed E-state index contributed by atoms with van der Waals surface area (Å²) >= 11 is 0. The standard InChI is InChI=1S/C22H17N3O5/c1-3-29-22(28)19(26)17-16-18(24-30-20(16)14-7-5-4-6-8-14)21(27)25(23-17)15-11-9-13(2)10-12-15/h4-12H,3H2,1-2H3. The second-order valence-corrected chi connectivity index (χ2v) is 6.55. The van der Waals surface area contributed by atoms with Gasteiger partial charge in [0, 0.05) is 5.56 Å². The summed E-state index contributed by atoms with van der Waals surface area (Å²) < 4.78 is 11.3. The van der Waals surface area contributed by atoms with E-state index in [0.29, 0.717) is 11.3 Å². The fourth-order valence-electron chi connectivity index (χ4n) is 3.05. The molecule has 0 saturated heterocycles. The maximum absolute atomic E-state index is 13.1. The van der Waals surface area contributed by atoms with Gasteiger partial charge in [-0.25, -0.2) is 4.79 Å². The fraction of sp³-hybridized carbons (Fsp3) is 0.136. The van der Waals surface area contributed by atoms with Crippen LogP contribution in [0.3, 0.4) is 0 Å². The molecular formula is C22H17N3O5. The molecule has 0 saturated carbocycles. The van der Waals surface area contributed by atoms with Crippen LogP contribution in [0, 0.1) is 6.92 Å². The van der Waals surface area contributed by atoms with Crippen LogP contribution < -0.4 is 5.56 Å². The number of nitrogens with zero attached hydrogens (tertiary/aromatic N) is 3. The second-order valence-electron chi connectivity index (χ2n) is 6.55. The van der Waals surface area contributed by atoms with E-state index in [4.69, 9.17) is 9.26 Å². The molecule has 30 heavy (non-hydrogen) atoms. The Balaban J connectivity index is 2.03. The normalized spacial score (nSPS) is 10.9. The van der Waals surface area contributed by atoms with Crippen LogP contribution in [0.15, 0.2) is 63.9 Å². The van der Waals surface area contributed by atoms with Crippen molar-refractivity contribution in [2.24, 2.45) is 0 Å². The van der Waals surface area contributed by atoms with Gasteiger partial charge in [0.15, 0.2) is 17.0 Å². The van der Waals surface area contributed by atoms with Gasteiger partial charge in [-0.1, -0.05) is 53.2 Å². The molecular weight excluding hydrogens is 386 g/mol. The van der Waals surface area contributed by atoms with E-state index in [-0.39, 0.29) is 29.0 Å². The van der Waals surface area contributed by atoms with Gasteiger partial charge in [0.05, 0.1) is 17.7 Å². The first-order valence-corrected chi connectivity index (χ1v) is 9.28. The highest BCUT2D eigenvalue weighted by atomic mass is 16.5. The molecule has 8 nitrogen and oxygen atoms in total. The molecule has 0 spiro atoms. The molecule has 2 heterocycles. The number of rotatable bonds is 5. The van der Waals surface area contributed by atoms with Crippen LogP contribution in [-0.2, 0) is 9.53 Å². The number of carbonyl (C=O) groups excluding carboxylic acids is 2. The van der Waals surface area contributed by atoms with E-state index in [9.17, 15) is 14.4 Å². The quantitative estimate of drug-likeness (QED) is 0.286. The summed E-state index contributed by atoms with van der Waals surface area (Å²) in [6.45, 7) is 3.53. The van der Waals surface area contributed by atoms with E-state index >= 15 is 0 Å². The number of ketones is 1. The number of Topliss-reactive ketones (excluding diaryl/α,β-unsaturated/α-hetero) is 1. The third kappa shape index (κ3) is 3.28. The van der Waals surface area contributed by atoms with Gasteiger partial charge in [0.1, 0.15) is 0 Å². The summed E-state index contributed by atoms with van der Waals surface area (Å²) in [5.41, 5.74) is 1.08. The molecule has 2 aromatic carbocycles. The molecule has 4 rings (SSSR count). The number of esters is 1. The SMILES string of the molecule is CCOC(=O)C(=O)c1nn(-c2ccc(C)cc2)c(=O)c2noc(-c3ccccc3)c12. The van der Waals surface area contributed by atoms with E-state index in [1.54, 1.807) is 55.5 Å². The van der Waals surface area contributed by atoms with Gasteiger partial charge in [-0.2, -0.15) is 9.78 Å². The highest BCUT2D eigenvalue weighted by Gasteiger charge is 2.29. The second kappa shape index (κ2) is 7.75. The summed E-state index contributed by atoms with van der Waals surface area (Å²) in [6.07, 6.45) is 0. The Labute approximate surface area is 170 Å². The van der Waals surface area contributed by atoms with Crippen LogP contribution in [-0.4, -0.2) is 33.3 Å². The number of aryl methyl sites for hydroxylation is 1. The smallest absolute Gasteiger partial charge is 0.381 e. The van der Waals surface area contributed by atoms with Crippen LogP contribution >= 0.6 is 0 Å². The van der Waals surface area contributed by atoms with Gasteiger partial charge in [-0.3, -0.25) is 9.59 Å². The maximum atomic E-state index is 13.1. The number of aromatic nitrogens is 3. The van der Waals surface area contributed by atoms with Crippen molar-refractivity contribution in [2.45, 2.75) is 13.8 Å². The van der Waals surface area contributed by atoms with Gasteiger partial charge in [-0.15, -0.1) is 0 Å². The Kier molecular flexibility index (Phi) is 4.97. The van der Waals surface area contributed by atoms with Gasteiger partial charge < -0.3 is 9.26 Å². The first kappa shape index (κ1) is 19.3. The van der Waals surface area contributed by atoms with Crippen molar-refractivity contribution < 1.29 is 18.8 Å². The molecule has 0 aliphatic rings. The molecule has 8 heteroatoms. The number of benzene rings is 2. The highest BCUT2D eigenvalue weighted by Crippen LogP contribution is 2.29. The molecule has 0 atom stereocenters. The number of ether oxygens (including phenoxy) is 1. The first-order valence-electron chi connectivity index (χ1n) is 9.28. The van der Waals surface area contributed by atoms with Crippen molar-refractivity contribution in [3.05, 3.63) is 76.2 Å². The first-order chi connectivity index (χ1) is 14.5. The minimum absolute atomic E-state index is 0.0283. The molecule has 0 fully saturated rings. The Morgan fingerprint density at radius 2 is 1.77 bits per heavy atom. The number of carbonyl (C=O) groups is 2. The lowest BCUT2D eigenvalue weighted by Gasteiger charge is -2.08. The molecule has 0 bridgehead atoms. The topological polar surface area (TPSA) is 104 Å². The zero-order valence-electron chi connectivity index (χ0n) is 16.3. The lowest BCUT2D eigenvalue weighted by Crippen LogP contribution is -2.27. The molecule has 0 N–H and O–H groups in total. The van der Waals surface area contributed by atoms with Crippen LogP contribution in [0.2, 0.25) is 0 Å². The maximum Gasteiger partial charge on any atom is 0.381 e. The molecule has 0 unspecified atom stereocenters. The van der Waals surface area contributed by atoms with E-state index in [1.807, 2.05) is 13.0 Å². The van der Waals surface area contributed by atoms with E-state index in [2.05, 4.69) is 10.3 Å². The minimum atomic E-state index is -1.07. The zero-order chi connectivity index (χ0) is 21.3. The van der Waals surface area contributed by atoms with Crippen LogP contribution in [0.25, 0.3) is 27.9 Å². The average Bonchev–Trinajstić information content (AvgIpc) is 3.21. The highest BCUT2D eigenvalue weighted by molar-refractivity contribution is 6.42. The van der Waals surface area contributed by atoms with E-state index in [1.165, 1.54) is 0 Å². The number of hydrogen-bond acceptors (Lipinski definition) is 7. The monoisotopic (exact) mass is 403 g/mol. The van der Waals surface area contributed by atoms with Crippen molar-refractivity contribution in [1.29, 1.82) is 0 Å². The van der Waals surface area contributed by atoms with E-state index < -0.39 is 17.3 Å². The predicted molar refractivity (Wildman–Crippen MR) is 109 cm³/mol. The van der Waals surface area contributed by atoms with Gasteiger partial charge in [0.2, 0.25) is 0 Å². The predicted octanol–water partition coefficient (Wildman–Crippen LogP) is 3.09. The molecule has 0 amide bonds. The Morgan fingerprint density at radius 1 is 1.07 bits per heavy atom. The minimum Gasteiger partial charge on any atom is -0.460 e. The van der Waals surface area contributed by atoms with Crippen LogP contribution in [0.5, 0.6) is 0 Å². The molecule has 4 aromatic rings. The van der Waals surface area contributed by atoms with Crippen molar-refractivity contribution in [3.8, 4) is 17.0 Å². The summed E-state index contributed by atoms with van der Waals surface area (Å²) in [7, 11) is 0. The lowest BCUT2D eigenvalue weighted by atomic mass is 10.1. The lowest BCUT2D eigenvalue weighted by molar-refractivity contribution is -0.137. The summed E-state index contributed by atoms with van der Waals surface area (Å²) in [5, 5.41) is 8.19. The van der Waals surface area contributed by atoms with Crippen LogP contribution in [0.1, 0.15) is 23.0 Å². The molecule has 2 aromatic heterocycles. The largest absolute Gasteiger partial charge is 0.460 e. The van der Waals surface area contributed by atoms with Gasteiger partial charge >= 0.3 is 11.5 Å². The van der Waals surface area contributed by atoms with Crippen molar-refractivity contribution in [1.82, 2.24) is 14.9 Å². The van der Waals surface area contributed by atoms with Crippen LogP contribution in [0.4, 0.5) is 0 Å². The molecule has 0 aliphatic heterocycles. The van der Waals surface area contributed by atoms with E-state index in [0.717, 1.165) is 10.2 Å². The Morgan fingerprint density at radius 3 is 2.43 bits per heavy atom. The molecule has 0 radical (unpaired) electrons. The Hall–Kier alpha value is -4.07. The number of fused-ring (bicyclic) bond motifs is 1. The molecule has 150 valence electrons. The van der Waals surface area contributed by atoms with Gasteiger partial charge in [0.25, 0.3) is 5.78 Å². The van der Waals surface area contributed by atoms with Crippen molar-refractivity contribution >= 4 is 22.7 Å². The fourth-order valence-corrected chi connectivity index (χ4v) is 3.05. The summed E-state index contributed by atoms with van der Waals surface area (Å²) in [4.78, 5) is 38.1. The average molecular weight is 403 g/mol. The third-order valence-electron chi connectivity index (χ3n) is 4.51. The molecule has 0 aliphatic carbocycles. The number of hydrogen-bond donors (Lipinski definition) is 0. The Bertz CT molecular complexity index is 1300. The van der Waals surface area contributed by atoms with Crippen molar-refractivity contribution in [2.75, 3.05) is 6.61 Å².